The van der Waals surface area contributed by atoms with Crippen molar-refractivity contribution in [2.45, 2.75) is 20.8 Å². The second kappa shape index (κ2) is 6.15. The van der Waals surface area contributed by atoms with Gasteiger partial charge in [0.25, 0.3) is 5.52 Å². The van der Waals surface area contributed by atoms with Gasteiger partial charge in [0.2, 0.25) is 0 Å². The molecule has 0 radical (unpaired) electrons. The first kappa shape index (κ1) is 15.3. The Morgan fingerprint density at radius 2 is 1.24 bits per heavy atom. The number of hydrogen-bond donors (Lipinski definition) is 0. The maximum Gasteiger partial charge on any atom is 0.498 e. The van der Waals surface area contributed by atoms with E-state index >= 15 is 0 Å². The molecular weight excluding hydrogens is 287 g/mol. The molecule has 0 aliphatic rings. The van der Waals surface area contributed by atoms with Crippen molar-refractivity contribution in [3.05, 3.63) is 59.7 Å². The Balaban J connectivity index is 2.34. The summed E-state index contributed by atoms with van der Waals surface area (Å²) >= 11 is 0. The summed E-state index contributed by atoms with van der Waals surface area (Å²) in [6, 6.07) is 14.1. The van der Waals surface area contributed by atoms with Crippen LogP contribution in [0.3, 0.4) is 0 Å². The molecule has 0 aromatic heterocycles. The van der Waals surface area contributed by atoms with Crippen molar-refractivity contribution in [1.82, 2.24) is 0 Å². The minimum atomic E-state index is -3.93. The van der Waals surface area contributed by atoms with Crippen molar-refractivity contribution < 1.29 is 18.4 Å². The highest BCUT2D eigenvalue weighted by Crippen LogP contribution is 2.50. The van der Waals surface area contributed by atoms with Crippen LogP contribution < -0.4 is 9.05 Å². The molecule has 0 spiro atoms. The predicted molar refractivity (Wildman–Crippen MR) is 81.9 cm³/mol. The molecule has 0 bridgehead atoms. The Kier molecular flexibility index (Phi) is 4.49. The average molecular weight is 304 g/mol. The van der Waals surface area contributed by atoms with E-state index in [1.807, 2.05) is 38.1 Å². The standard InChI is InChI=1S/C16H17O4P/c1-12-8-4-6-10-15(12)19-21(18,14(3)17)20-16-11-7-5-9-13(16)2/h4-11H,1-3H3. The topological polar surface area (TPSA) is 52.6 Å². The lowest BCUT2D eigenvalue weighted by Gasteiger charge is -2.19. The van der Waals surface area contributed by atoms with Crippen molar-refractivity contribution in [3.8, 4) is 11.5 Å². The van der Waals surface area contributed by atoms with Crippen LogP contribution in [0.15, 0.2) is 48.5 Å². The van der Waals surface area contributed by atoms with E-state index in [0.717, 1.165) is 11.1 Å². The fourth-order valence-electron chi connectivity index (χ4n) is 1.72. The molecule has 0 N–H and O–H groups in total. The van der Waals surface area contributed by atoms with Gasteiger partial charge >= 0.3 is 7.60 Å². The van der Waals surface area contributed by atoms with Gasteiger partial charge in [0.05, 0.1) is 0 Å². The molecule has 0 unspecified atom stereocenters. The SMILES string of the molecule is CC(=O)P(=O)(Oc1ccccc1C)Oc1ccccc1C. The summed E-state index contributed by atoms with van der Waals surface area (Å²) in [5.41, 5.74) is 0.939. The molecule has 2 aromatic carbocycles. The molecule has 2 aromatic rings. The van der Waals surface area contributed by atoms with Gasteiger partial charge in [0.15, 0.2) is 0 Å². The van der Waals surface area contributed by atoms with Crippen LogP contribution in [-0.2, 0) is 9.36 Å². The van der Waals surface area contributed by atoms with Crippen LogP contribution in [0.1, 0.15) is 18.1 Å². The van der Waals surface area contributed by atoms with Crippen molar-refractivity contribution in [3.63, 3.8) is 0 Å². The molecule has 0 aliphatic heterocycles. The molecule has 2 rings (SSSR count). The maximum atomic E-state index is 12.8. The fraction of sp³-hybridized carbons (Fsp3) is 0.188. The molecule has 0 fully saturated rings. The Hall–Kier alpha value is -2.06. The van der Waals surface area contributed by atoms with Gasteiger partial charge < -0.3 is 9.05 Å². The van der Waals surface area contributed by atoms with Crippen LogP contribution in [-0.4, -0.2) is 5.52 Å². The zero-order valence-electron chi connectivity index (χ0n) is 12.2. The molecule has 0 amide bonds. The van der Waals surface area contributed by atoms with Gasteiger partial charge in [-0.3, -0.25) is 4.79 Å². The second-order valence-corrected chi connectivity index (χ2v) is 6.72. The molecule has 21 heavy (non-hydrogen) atoms. The zero-order chi connectivity index (χ0) is 15.5. The number of carbonyl (C=O) groups excluding carboxylic acids is 1. The average Bonchev–Trinajstić information content (AvgIpc) is 2.44. The van der Waals surface area contributed by atoms with Crippen LogP contribution in [0.25, 0.3) is 0 Å². The van der Waals surface area contributed by atoms with E-state index in [2.05, 4.69) is 0 Å². The van der Waals surface area contributed by atoms with E-state index in [9.17, 15) is 9.36 Å². The number of para-hydroxylation sites is 2. The normalized spacial score (nSPS) is 11.0. The van der Waals surface area contributed by atoms with Crippen molar-refractivity contribution in [1.29, 1.82) is 0 Å². The van der Waals surface area contributed by atoms with Gasteiger partial charge in [-0.1, -0.05) is 36.4 Å². The summed E-state index contributed by atoms with van der Waals surface area (Å²) < 4.78 is 23.6. The summed E-state index contributed by atoms with van der Waals surface area (Å²) in [7, 11) is -3.93. The fourth-order valence-corrected chi connectivity index (χ4v) is 2.95. The molecule has 0 aliphatic carbocycles. The molecule has 0 atom stereocenters. The third-order valence-electron chi connectivity index (χ3n) is 3.01. The minimum absolute atomic E-state index is 0.379. The second-order valence-electron chi connectivity index (χ2n) is 4.73. The highest BCUT2D eigenvalue weighted by atomic mass is 31.2. The summed E-state index contributed by atoms with van der Waals surface area (Å²) in [6.07, 6.45) is 0. The van der Waals surface area contributed by atoms with E-state index in [1.165, 1.54) is 6.92 Å². The number of aryl methyl sites for hydroxylation is 2. The van der Waals surface area contributed by atoms with Gasteiger partial charge in [-0.15, -0.1) is 0 Å². The molecular formula is C16H17O4P. The summed E-state index contributed by atoms with van der Waals surface area (Å²) in [5, 5.41) is 0. The van der Waals surface area contributed by atoms with E-state index < -0.39 is 13.1 Å². The Bertz CT molecular complexity index is 657. The zero-order valence-corrected chi connectivity index (χ0v) is 13.1. The van der Waals surface area contributed by atoms with Crippen LogP contribution in [0.2, 0.25) is 0 Å². The van der Waals surface area contributed by atoms with Gasteiger partial charge in [0, 0.05) is 6.92 Å². The Labute approximate surface area is 124 Å². The van der Waals surface area contributed by atoms with E-state index in [4.69, 9.17) is 9.05 Å². The molecule has 110 valence electrons. The first-order chi connectivity index (χ1) is 9.92. The third-order valence-corrected chi connectivity index (χ3v) is 4.66. The number of benzene rings is 2. The van der Waals surface area contributed by atoms with E-state index in [1.54, 1.807) is 24.3 Å². The van der Waals surface area contributed by atoms with Crippen molar-refractivity contribution >= 4 is 13.1 Å². The van der Waals surface area contributed by atoms with Gasteiger partial charge in [-0.25, -0.2) is 4.57 Å². The van der Waals surface area contributed by atoms with Crippen LogP contribution >= 0.6 is 7.60 Å². The first-order valence-electron chi connectivity index (χ1n) is 6.54. The summed E-state index contributed by atoms with van der Waals surface area (Å²) in [4.78, 5) is 11.8. The number of carbonyl (C=O) groups is 1. The minimum Gasteiger partial charge on any atom is -0.411 e. The number of hydrogen-bond acceptors (Lipinski definition) is 4. The molecule has 4 nitrogen and oxygen atoms in total. The first-order valence-corrected chi connectivity index (χ1v) is 8.08. The monoisotopic (exact) mass is 304 g/mol. The smallest absolute Gasteiger partial charge is 0.411 e. The molecule has 0 heterocycles. The highest BCUT2D eigenvalue weighted by molar-refractivity contribution is 7.72. The van der Waals surface area contributed by atoms with Crippen molar-refractivity contribution in [2.75, 3.05) is 0 Å². The van der Waals surface area contributed by atoms with Gasteiger partial charge in [0.1, 0.15) is 11.5 Å². The lowest BCUT2D eigenvalue weighted by Crippen LogP contribution is -2.09. The molecule has 5 heteroatoms. The van der Waals surface area contributed by atoms with Crippen molar-refractivity contribution in [2.24, 2.45) is 0 Å². The van der Waals surface area contributed by atoms with Gasteiger partial charge in [-0.05, 0) is 37.1 Å². The number of rotatable bonds is 5. The predicted octanol–water partition coefficient (Wildman–Crippen LogP) is 4.50. The largest absolute Gasteiger partial charge is 0.498 e. The Morgan fingerprint density at radius 1 is 0.857 bits per heavy atom. The summed E-state index contributed by atoms with van der Waals surface area (Å²) in [5.74, 6) is 0.759. The third kappa shape index (κ3) is 3.53. The van der Waals surface area contributed by atoms with E-state index in [-0.39, 0.29) is 0 Å². The quantitative estimate of drug-likeness (QED) is 0.763. The lowest BCUT2D eigenvalue weighted by molar-refractivity contribution is -0.111. The van der Waals surface area contributed by atoms with Gasteiger partial charge in [-0.2, -0.15) is 0 Å². The van der Waals surface area contributed by atoms with Crippen LogP contribution in [0.4, 0.5) is 0 Å². The maximum absolute atomic E-state index is 12.8. The molecule has 0 saturated carbocycles. The molecule has 0 saturated heterocycles. The van der Waals surface area contributed by atoms with Crippen LogP contribution in [0, 0.1) is 13.8 Å². The Morgan fingerprint density at radius 3 is 1.57 bits per heavy atom. The highest BCUT2D eigenvalue weighted by Gasteiger charge is 2.35. The summed E-state index contributed by atoms with van der Waals surface area (Å²) in [6.45, 7) is 4.83. The van der Waals surface area contributed by atoms with E-state index in [0.29, 0.717) is 11.5 Å². The van der Waals surface area contributed by atoms with Crippen LogP contribution in [0.5, 0.6) is 11.5 Å². The lowest BCUT2D eigenvalue weighted by atomic mass is 10.2.